The first-order chi connectivity index (χ1) is 12.6. The molecule has 0 aliphatic heterocycles. The fourth-order valence-corrected chi connectivity index (χ4v) is 2.93. The molecule has 1 aromatic heterocycles. The number of rotatable bonds is 6. The van der Waals surface area contributed by atoms with Crippen molar-refractivity contribution in [2.45, 2.75) is 19.5 Å². The van der Waals surface area contributed by atoms with Crippen LogP contribution >= 0.6 is 0 Å². The van der Waals surface area contributed by atoms with Gasteiger partial charge in [-0.25, -0.2) is 0 Å². The summed E-state index contributed by atoms with van der Waals surface area (Å²) in [6, 6.07) is 11.9. The van der Waals surface area contributed by atoms with E-state index in [1.807, 2.05) is 42.6 Å². The Kier molecular flexibility index (Phi) is 5.23. The smallest absolute Gasteiger partial charge is 0.227 e. The number of aromatic nitrogens is 2. The lowest BCUT2D eigenvalue weighted by molar-refractivity contribution is -0.129. The maximum absolute atomic E-state index is 12.7. The number of amides is 1. The fourth-order valence-electron chi connectivity index (χ4n) is 2.93. The predicted molar refractivity (Wildman–Crippen MR) is 102 cm³/mol. The van der Waals surface area contributed by atoms with Gasteiger partial charge in [0.25, 0.3) is 0 Å². The van der Waals surface area contributed by atoms with Crippen molar-refractivity contribution in [1.29, 1.82) is 0 Å². The third-order valence-electron chi connectivity index (χ3n) is 4.31. The standard InChI is InChI=1S/C21H21N3O2/c1-4-10-24-15-16(13-22-24)14-23(2)21(25)11-18-7-5-6-17-8-9-19(26-3)12-20(17)18/h1,5-9,12-13,15H,10-11,14H2,2-3H3. The van der Waals surface area contributed by atoms with E-state index in [2.05, 4.69) is 11.0 Å². The Morgan fingerprint density at radius 3 is 2.96 bits per heavy atom. The first-order valence-electron chi connectivity index (χ1n) is 8.35. The van der Waals surface area contributed by atoms with E-state index < -0.39 is 0 Å². The second-order valence-electron chi connectivity index (χ2n) is 6.18. The number of hydrogen-bond acceptors (Lipinski definition) is 3. The van der Waals surface area contributed by atoms with Crippen LogP contribution in [0, 0.1) is 12.3 Å². The van der Waals surface area contributed by atoms with Crippen LogP contribution in [0.25, 0.3) is 10.8 Å². The second-order valence-corrected chi connectivity index (χ2v) is 6.18. The largest absolute Gasteiger partial charge is 0.497 e. The molecule has 0 aliphatic rings. The molecule has 5 heteroatoms. The molecule has 3 aromatic rings. The highest BCUT2D eigenvalue weighted by Gasteiger charge is 2.13. The van der Waals surface area contributed by atoms with Gasteiger partial charge in [-0.2, -0.15) is 5.10 Å². The maximum Gasteiger partial charge on any atom is 0.227 e. The van der Waals surface area contributed by atoms with E-state index in [4.69, 9.17) is 11.2 Å². The van der Waals surface area contributed by atoms with Gasteiger partial charge in [0.15, 0.2) is 0 Å². The van der Waals surface area contributed by atoms with Crippen LogP contribution in [0.4, 0.5) is 0 Å². The second kappa shape index (κ2) is 7.75. The summed E-state index contributed by atoms with van der Waals surface area (Å²) in [7, 11) is 3.44. The minimum absolute atomic E-state index is 0.0463. The molecule has 0 radical (unpaired) electrons. The molecule has 0 unspecified atom stereocenters. The van der Waals surface area contributed by atoms with Crippen molar-refractivity contribution < 1.29 is 9.53 Å². The molecule has 0 saturated heterocycles. The van der Waals surface area contributed by atoms with E-state index in [9.17, 15) is 4.79 Å². The number of methoxy groups -OCH3 is 1. The molecule has 132 valence electrons. The molecular weight excluding hydrogens is 326 g/mol. The molecule has 0 atom stereocenters. The lowest BCUT2D eigenvalue weighted by Gasteiger charge is -2.17. The topological polar surface area (TPSA) is 47.4 Å². The average molecular weight is 347 g/mol. The predicted octanol–water partition coefficient (Wildman–Crippen LogP) is 2.88. The van der Waals surface area contributed by atoms with Gasteiger partial charge in [0.1, 0.15) is 12.3 Å². The first-order valence-corrected chi connectivity index (χ1v) is 8.35. The number of hydrogen-bond donors (Lipinski definition) is 0. The van der Waals surface area contributed by atoms with Crippen molar-refractivity contribution >= 4 is 16.7 Å². The van der Waals surface area contributed by atoms with Crippen molar-refractivity contribution in [2.24, 2.45) is 0 Å². The Labute approximate surface area is 153 Å². The summed E-state index contributed by atoms with van der Waals surface area (Å²) >= 11 is 0. The highest BCUT2D eigenvalue weighted by molar-refractivity contribution is 5.91. The molecule has 0 aliphatic carbocycles. The van der Waals surface area contributed by atoms with Gasteiger partial charge in [0.05, 0.1) is 19.7 Å². The SMILES string of the molecule is C#CCn1cc(CN(C)C(=O)Cc2cccc3ccc(OC)cc23)cn1. The third-order valence-corrected chi connectivity index (χ3v) is 4.31. The first kappa shape index (κ1) is 17.6. The number of likely N-dealkylation sites (N-methyl/N-ethyl adjacent to an activating group) is 1. The molecule has 2 aromatic carbocycles. The lowest BCUT2D eigenvalue weighted by Crippen LogP contribution is -2.27. The van der Waals surface area contributed by atoms with Crippen LogP contribution in [0.2, 0.25) is 0 Å². The Hall–Kier alpha value is -3.26. The zero-order chi connectivity index (χ0) is 18.5. The molecule has 5 nitrogen and oxygen atoms in total. The van der Waals surface area contributed by atoms with Crippen molar-refractivity contribution in [3.8, 4) is 18.1 Å². The van der Waals surface area contributed by atoms with Gasteiger partial charge in [-0.3, -0.25) is 9.48 Å². The molecule has 0 spiro atoms. The van der Waals surface area contributed by atoms with Crippen LogP contribution in [-0.2, 0) is 24.3 Å². The van der Waals surface area contributed by atoms with Gasteiger partial charge in [0, 0.05) is 25.4 Å². The van der Waals surface area contributed by atoms with E-state index in [1.165, 1.54) is 0 Å². The fraction of sp³-hybridized carbons (Fsp3) is 0.238. The molecule has 3 rings (SSSR count). The average Bonchev–Trinajstić information content (AvgIpc) is 3.08. The van der Waals surface area contributed by atoms with Crippen LogP contribution in [0.5, 0.6) is 5.75 Å². The molecule has 1 amide bonds. The summed E-state index contributed by atoms with van der Waals surface area (Å²) in [5.74, 6) is 3.37. The van der Waals surface area contributed by atoms with E-state index in [1.54, 1.807) is 29.9 Å². The zero-order valence-electron chi connectivity index (χ0n) is 15.0. The van der Waals surface area contributed by atoms with Gasteiger partial charge >= 0.3 is 0 Å². The molecule has 26 heavy (non-hydrogen) atoms. The number of terminal acetylenes is 1. The molecule has 0 fully saturated rings. The number of carbonyl (C=O) groups is 1. The summed E-state index contributed by atoms with van der Waals surface area (Å²) < 4.78 is 7.00. The van der Waals surface area contributed by atoms with E-state index in [-0.39, 0.29) is 5.91 Å². The van der Waals surface area contributed by atoms with Crippen LogP contribution < -0.4 is 4.74 Å². The Morgan fingerprint density at radius 2 is 2.19 bits per heavy atom. The van der Waals surface area contributed by atoms with Crippen molar-refractivity contribution in [3.63, 3.8) is 0 Å². The molecule has 0 bridgehead atoms. The number of ether oxygens (including phenoxy) is 1. The Morgan fingerprint density at radius 1 is 1.35 bits per heavy atom. The summed E-state index contributed by atoms with van der Waals surface area (Å²) in [5, 5.41) is 6.31. The summed E-state index contributed by atoms with van der Waals surface area (Å²) in [6.45, 7) is 0.924. The van der Waals surface area contributed by atoms with Gasteiger partial charge in [-0.1, -0.05) is 30.2 Å². The molecule has 1 heterocycles. The van der Waals surface area contributed by atoms with Gasteiger partial charge in [-0.05, 0) is 28.5 Å². The van der Waals surface area contributed by atoms with E-state index in [0.29, 0.717) is 19.5 Å². The summed E-state index contributed by atoms with van der Waals surface area (Å²) in [5.41, 5.74) is 1.94. The number of fused-ring (bicyclic) bond motifs is 1. The van der Waals surface area contributed by atoms with Crippen LogP contribution in [0.1, 0.15) is 11.1 Å². The Balaban J connectivity index is 1.74. The van der Waals surface area contributed by atoms with E-state index in [0.717, 1.165) is 27.6 Å². The lowest BCUT2D eigenvalue weighted by atomic mass is 10.0. The monoisotopic (exact) mass is 347 g/mol. The third kappa shape index (κ3) is 3.86. The van der Waals surface area contributed by atoms with Gasteiger partial charge in [-0.15, -0.1) is 6.42 Å². The van der Waals surface area contributed by atoms with Crippen LogP contribution in [0.3, 0.4) is 0 Å². The Bertz CT molecular complexity index is 969. The zero-order valence-corrected chi connectivity index (χ0v) is 15.0. The highest BCUT2D eigenvalue weighted by Crippen LogP contribution is 2.24. The molecular formula is C21H21N3O2. The van der Waals surface area contributed by atoms with Crippen LogP contribution in [0.15, 0.2) is 48.8 Å². The van der Waals surface area contributed by atoms with E-state index >= 15 is 0 Å². The number of benzene rings is 2. The normalized spacial score (nSPS) is 10.5. The minimum Gasteiger partial charge on any atom is -0.497 e. The van der Waals surface area contributed by atoms with Gasteiger partial charge < -0.3 is 9.64 Å². The summed E-state index contributed by atoms with van der Waals surface area (Å²) in [6.07, 6.45) is 9.23. The number of nitrogens with zero attached hydrogens (tertiary/aromatic N) is 3. The van der Waals surface area contributed by atoms with Crippen molar-refractivity contribution in [3.05, 3.63) is 59.9 Å². The molecule has 0 N–H and O–H groups in total. The van der Waals surface area contributed by atoms with Crippen molar-refractivity contribution in [1.82, 2.24) is 14.7 Å². The quantitative estimate of drug-likeness (QED) is 0.644. The van der Waals surface area contributed by atoms with Gasteiger partial charge in [0.2, 0.25) is 5.91 Å². The summed E-state index contributed by atoms with van der Waals surface area (Å²) in [4.78, 5) is 14.4. The van der Waals surface area contributed by atoms with Crippen LogP contribution in [-0.4, -0.2) is 34.7 Å². The van der Waals surface area contributed by atoms with Crippen molar-refractivity contribution in [2.75, 3.05) is 14.2 Å². The molecule has 0 saturated carbocycles. The maximum atomic E-state index is 12.7. The highest BCUT2D eigenvalue weighted by atomic mass is 16.5. The minimum atomic E-state index is 0.0463. The number of carbonyl (C=O) groups excluding carboxylic acids is 1.